The van der Waals surface area contributed by atoms with E-state index in [9.17, 15) is 29.1 Å². The summed E-state index contributed by atoms with van der Waals surface area (Å²) < 4.78 is 19.8. The number of carbonyl (C=O) groups is 3. The average molecular weight is 1020 g/mol. The van der Waals surface area contributed by atoms with Crippen LogP contribution in [0.1, 0.15) is 49.7 Å². The van der Waals surface area contributed by atoms with Crippen LogP contribution < -0.4 is 21.8 Å². The Morgan fingerprint density at radius 1 is 0.605 bits per heavy atom. The molecule has 2 saturated heterocycles. The highest BCUT2D eigenvalue weighted by molar-refractivity contribution is 6.13. The van der Waals surface area contributed by atoms with Crippen LogP contribution in [0.4, 0.5) is 11.4 Å². The quantitative estimate of drug-likeness (QED) is 0.0736. The van der Waals surface area contributed by atoms with E-state index < -0.39 is 11.9 Å². The number of H-pyrrole nitrogens is 2. The summed E-state index contributed by atoms with van der Waals surface area (Å²) >= 11 is 0. The van der Waals surface area contributed by atoms with E-state index in [4.69, 9.17) is 14.2 Å². The van der Waals surface area contributed by atoms with Crippen molar-refractivity contribution in [2.75, 3.05) is 44.2 Å². The lowest BCUT2D eigenvalue weighted by atomic mass is 9.99. The maximum absolute atomic E-state index is 13.4. The third-order valence-corrected chi connectivity index (χ3v) is 13.8. The zero-order valence-corrected chi connectivity index (χ0v) is 41.1. The van der Waals surface area contributed by atoms with Gasteiger partial charge in [0.2, 0.25) is 0 Å². The molecule has 2 fully saturated rings. The minimum Gasteiger partial charge on any atom is -0.465 e. The standard InChI is InChI=1S/C29H25N5O5.C28H25N5O4/c1-38-29(37)23-14-18(10-11-20(23)25-19-6-2-3-7-21(19)27(35)32-31-25)30-28(36)26-22-8-4-5-9-24(22)34(33-26)15-17-12-13-39-16-17;34-15-18-13-19(9-10-20(18)25-21-5-1-2-6-22(21)27(35)31-30-25)29-28(36)26-23-7-3-4-8-24(23)33(32-26)14-17-11-12-37-16-17/h2-11,14,17H,12-13,15-16H2,1H3,(H,30,36)(H,32,35);1-10,13,17,34H,11-12,14-16H2,(H,29,36)(H,31,35). The molecule has 6 heterocycles. The number of anilines is 2. The molecule has 76 heavy (non-hydrogen) atoms. The highest BCUT2D eigenvalue weighted by Crippen LogP contribution is 2.33. The van der Waals surface area contributed by atoms with Gasteiger partial charge >= 0.3 is 5.97 Å². The van der Waals surface area contributed by atoms with Crippen molar-refractivity contribution in [3.63, 3.8) is 0 Å². The first-order valence-corrected chi connectivity index (χ1v) is 24.8. The lowest BCUT2D eigenvalue weighted by Crippen LogP contribution is -2.16. The summed E-state index contributed by atoms with van der Waals surface area (Å²) in [6, 6.07) is 39.6. The van der Waals surface area contributed by atoms with E-state index in [1.54, 1.807) is 66.7 Å². The molecule has 19 nitrogen and oxygen atoms in total. The van der Waals surface area contributed by atoms with Crippen molar-refractivity contribution in [2.45, 2.75) is 32.5 Å². The Morgan fingerprint density at radius 3 is 1.53 bits per heavy atom. The number of benzene rings is 6. The maximum atomic E-state index is 13.4. The normalized spacial score (nSPS) is 15.2. The molecule has 0 bridgehead atoms. The zero-order chi connectivity index (χ0) is 52.3. The van der Waals surface area contributed by atoms with Gasteiger partial charge in [-0.3, -0.25) is 28.5 Å². The predicted molar refractivity (Wildman–Crippen MR) is 286 cm³/mol. The number of carbonyl (C=O) groups excluding carboxylic acids is 3. The molecule has 0 aliphatic carbocycles. The largest absolute Gasteiger partial charge is 0.465 e. The van der Waals surface area contributed by atoms with Crippen LogP contribution in [0.25, 0.3) is 65.9 Å². The third-order valence-electron chi connectivity index (χ3n) is 13.8. The summed E-state index contributed by atoms with van der Waals surface area (Å²) in [5.74, 6) is -0.620. The monoisotopic (exact) mass is 1020 g/mol. The summed E-state index contributed by atoms with van der Waals surface area (Å²) in [5.41, 5.74) is 5.58. The molecule has 0 saturated carbocycles. The SMILES string of the molecule is COC(=O)c1cc(NC(=O)c2nn(CC3CCOC3)c3ccccc23)ccc1-c1n[nH]c(=O)c2ccccc12.O=C(Nc1ccc(-c2n[nH]c(=O)c3ccccc23)c(CO)c1)c1nn(CC2CCOC2)c2ccccc12. The van der Waals surface area contributed by atoms with Gasteiger partial charge in [-0.2, -0.15) is 20.4 Å². The first-order valence-electron chi connectivity index (χ1n) is 24.8. The lowest BCUT2D eigenvalue weighted by molar-refractivity contribution is 0.0601. The van der Waals surface area contributed by atoms with Crippen molar-refractivity contribution in [3.8, 4) is 22.5 Å². The fraction of sp³-hybridized carbons (Fsp3) is 0.211. The smallest absolute Gasteiger partial charge is 0.338 e. The van der Waals surface area contributed by atoms with Crippen LogP contribution in [0.15, 0.2) is 143 Å². The van der Waals surface area contributed by atoms with Crippen LogP contribution in [0, 0.1) is 11.8 Å². The number of nitrogens with zero attached hydrogens (tertiary/aromatic N) is 6. The summed E-state index contributed by atoms with van der Waals surface area (Å²) in [5, 5.41) is 42.5. The maximum Gasteiger partial charge on any atom is 0.338 e. The number of hydrogen-bond donors (Lipinski definition) is 5. The van der Waals surface area contributed by atoms with Gasteiger partial charge in [0.1, 0.15) is 0 Å². The molecule has 2 unspecified atom stereocenters. The molecule has 2 aliphatic heterocycles. The van der Waals surface area contributed by atoms with Gasteiger partial charge in [-0.25, -0.2) is 15.0 Å². The van der Waals surface area contributed by atoms with Crippen LogP contribution in [0.2, 0.25) is 0 Å². The Hall–Kier alpha value is -9.17. The minimum absolute atomic E-state index is 0.191. The second-order valence-corrected chi connectivity index (χ2v) is 18.6. The Kier molecular flexibility index (Phi) is 13.8. The fourth-order valence-electron chi connectivity index (χ4n) is 9.97. The number of hydrogen-bond acceptors (Lipinski definition) is 13. The molecule has 6 aromatic carbocycles. The average Bonchev–Trinajstić information content (AvgIpc) is 4.33. The first-order chi connectivity index (χ1) is 37.1. The molecule has 4 aromatic heterocycles. The molecule has 19 heteroatoms. The van der Waals surface area contributed by atoms with Gasteiger partial charge in [-0.1, -0.05) is 78.9 Å². The topological polar surface area (TPSA) is 250 Å². The van der Waals surface area contributed by atoms with Crippen LogP contribution in [-0.2, 0) is 33.9 Å². The number of fused-ring (bicyclic) bond motifs is 4. The number of amides is 2. The van der Waals surface area contributed by atoms with Gasteiger partial charge in [0.15, 0.2) is 11.4 Å². The number of ether oxygens (including phenoxy) is 3. The molecular weight excluding hydrogens is 969 g/mol. The summed E-state index contributed by atoms with van der Waals surface area (Å²) in [6.07, 6.45) is 1.93. The second kappa shape index (κ2) is 21.4. The number of rotatable bonds is 12. The van der Waals surface area contributed by atoms with Crippen molar-refractivity contribution < 1.29 is 33.7 Å². The summed E-state index contributed by atoms with van der Waals surface area (Å²) in [4.78, 5) is 64.0. The molecule has 0 spiro atoms. The number of nitrogens with one attached hydrogen (secondary N) is 4. The molecular formula is C57H50N10O9. The van der Waals surface area contributed by atoms with Crippen molar-refractivity contribution >= 4 is 72.5 Å². The molecule has 2 amide bonds. The number of esters is 1. The van der Waals surface area contributed by atoms with E-state index >= 15 is 0 Å². The minimum atomic E-state index is -0.605. The predicted octanol–water partition coefficient (Wildman–Crippen LogP) is 7.74. The van der Waals surface area contributed by atoms with Crippen LogP contribution in [0.5, 0.6) is 0 Å². The highest BCUT2D eigenvalue weighted by Gasteiger charge is 2.25. The number of aromatic nitrogens is 8. The second-order valence-electron chi connectivity index (χ2n) is 18.6. The van der Waals surface area contributed by atoms with Crippen LogP contribution in [0.3, 0.4) is 0 Å². The van der Waals surface area contributed by atoms with Gasteiger partial charge in [0.25, 0.3) is 22.9 Å². The summed E-state index contributed by atoms with van der Waals surface area (Å²) in [7, 11) is 1.28. The van der Waals surface area contributed by atoms with E-state index in [2.05, 4.69) is 41.2 Å². The van der Waals surface area contributed by atoms with Gasteiger partial charge < -0.3 is 30.0 Å². The Balaban J connectivity index is 0.000000162. The lowest BCUT2D eigenvalue weighted by Gasteiger charge is -2.12. The number of aliphatic hydroxyl groups is 1. The van der Waals surface area contributed by atoms with E-state index in [0.717, 1.165) is 47.9 Å². The van der Waals surface area contributed by atoms with Crippen molar-refractivity contribution in [1.82, 2.24) is 40.0 Å². The van der Waals surface area contributed by atoms with Gasteiger partial charge in [-0.15, -0.1) is 0 Å². The molecule has 10 aromatic rings. The molecule has 2 aliphatic rings. The summed E-state index contributed by atoms with van der Waals surface area (Å²) in [6.45, 7) is 3.95. The number of methoxy groups -OCH3 is 1. The van der Waals surface area contributed by atoms with Gasteiger partial charge in [0, 0.05) is 82.2 Å². The third kappa shape index (κ3) is 9.72. The highest BCUT2D eigenvalue weighted by atomic mass is 16.5. The van der Waals surface area contributed by atoms with E-state index in [-0.39, 0.29) is 29.2 Å². The Bertz CT molecular complexity index is 3980. The van der Waals surface area contributed by atoms with Crippen LogP contribution >= 0.6 is 0 Å². The molecule has 2 atom stereocenters. The number of para-hydroxylation sites is 2. The fourth-order valence-corrected chi connectivity index (χ4v) is 9.97. The molecule has 0 radical (unpaired) electrons. The number of aromatic amines is 2. The van der Waals surface area contributed by atoms with Crippen molar-refractivity contribution in [1.29, 1.82) is 0 Å². The molecule has 382 valence electrons. The molecule has 12 rings (SSSR count). The van der Waals surface area contributed by atoms with E-state index in [1.807, 2.05) is 70.0 Å². The number of aliphatic hydroxyl groups excluding tert-OH is 1. The van der Waals surface area contributed by atoms with E-state index in [1.165, 1.54) is 13.2 Å². The van der Waals surface area contributed by atoms with Crippen molar-refractivity contribution in [3.05, 3.63) is 177 Å². The Labute approximate surface area is 432 Å². The van der Waals surface area contributed by atoms with Crippen LogP contribution in [-0.4, -0.2) is 96.4 Å². The van der Waals surface area contributed by atoms with Gasteiger partial charge in [0.05, 0.1) is 65.7 Å². The van der Waals surface area contributed by atoms with Gasteiger partial charge in [-0.05, 0) is 73.0 Å². The van der Waals surface area contributed by atoms with Crippen molar-refractivity contribution in [2.24, 2.45) is 11.8 Å². The Morgan fingerprint density at radius 2 is 1.05 bits per heavy atom. The van der Waals surface area contributed by atoms with E-state index in [0.29, 0.717) is 111 Å². The zero-order valence-electron chi connectivity index (χ0n) is 41.1. The first kappa shape index (κ1) is 49.1. The molecule has 5 N–H and O–H groups in total.